The Bertz CT molecular complexity index is 278. The van der Waals surface area contributed by atoms with Crippen molar-refractivity contribution >= 4 is 0 Å². The normalized spacial score (nSPS) is 25.1. The van der Waals surface area contributed by atoms with Crippen LogP contribution >= 0.6 is 0 Å². The second-order valence-electron chi connectivity index (χ2n) is 5.00. The third-order valence-electron chi connectivity index (χ3n) is 3.50. The molecular weight excluding hydrogens is 217 g/mol. The van der Waals surface area contributed by atoms with Crippen LogP contribution in [-0.2, 0) is 0 Å². The average molecular weight is 236 g/mol. The van der Waals surface area contributed by atoms with Crippen LogP contribution in [0.5, 0.6) is 0 Å². The molecule has 94 valence electrons. The van der Waals surface area contributed by atoms with E-state index in [1.54, 1.807) is 6.92 Å². The Hall–Kier alpha value is -0.510. The summed E-state index contributed by atoms with van der Waals surface area (Å²) < 4.78 is 37.4. The van der Waals surface area contributed by atoms with Crippen LogP contribution in [-0.4, -0.2) is 17.4 Å². The summed E-state index contributed by atoms with van der Waals surface area (Å²) in [4.78, 5) is 0. The highest BCUT2D eigenvalue weighted by Crippen LogP contribution is 2.39. The maximum atomic E-state index is 12.5. The number of aliphatic hydroxyl groups excluding tert-OH is 1. The summed E-state index contributed by atoms with van der Waals surface area (Å²) in [5.41, 5.74) is 0.902. The van der Waals surface area contributed by atoms with Crippen molar-refractivity contribution in [2.75, 3.05) is 0 Å². The lowest BCUT2D eigenvalue weighted by Gasteiger charge is -2.31. The first-order chi connectivity index (χ1) is 7.23. The standard InChI is InChI=1S/C12H19F3O/c1-7(2)9-5-4-8(3)10(6-9)11(16)12(13,14)15/h7,9,11,16H,4-6H2,1-3H3. The minimum Gasteiger partial charge on any atom is -0.379 e. The molecule has 16 heavy (non-hydrogen) atoms. The molecule has 1 aliphatic carbocycles. The first kappa shape index (κ1) is 13.6. The van der Waals surface area contributed by atoms with Crippen molar-refractivity contribution in [3.05, 3.63) is 11.1 Å². The van der Waals surface area contributed by atoms with Gasteiger partial charge in [0.1, 0.15) is 0 Å². The molecule has 0 aromatic carbocycles. The predicted octanol–water partition coefficient (Wildman–Crippen LogP) is 3.68. The van der Waals surface area contributed by atoms with Crippen LogP contribution in [0.1, 0.15) is 40.0 Å². The monoisotopic (exact) mass is 236 g/mol. The Morgan fingerprint density at radius 1 is 1.31 bits per heavy atom. The SMILES string of the molecule is CC1=C(C(O)C(F)(F)F)CC(C(C)C)CC1. The molecule has 0 amide bonds. The number of alkyl halides is 3. The first-order valence-electron chi connectivity index (χ1n) is 5.66. The van der Waals surface area contributed by atoms with Gasteiger partial charge in [-0.15, -0.1) is 0 Å². The Morgan fingerprint density at radius 3 is 2.31 bits per heavy atom. The van der Waals surface area contributed by atoms with Gasteiger partial charge < -0.3 is 5.11 Å². The zero-order chi connectivity index (χ0) is 12.5. The number of allylic oxidation sites excluding steroid dienone is 1. The third kappa shape index (κ3) is 3.00. The molecule has 0 heterocycles. The Balaban J connectivity index is 2.85. The van der Waals surface area contributed by atoms with E-state index < -0.39 is 12.3 Å². The van der Waals surface area contributed by atoms with Gasteiger partial charge in [-0.1, -0.05) is 19.4 Å². The van der Waals surface area contributed by atoms with Gasteiger partial charge in [-0.2, -0.15) is 13.2 Å². The molecule has 0 aliphatic heterocycles. The lowest BCUT2D eigenvalue weighted by molar-refractivity contribution is -0.192. The number of rotatable bonds is 2. The van der Waals surface area contributed by atoms with Gasteiger partial charge in [-0.3, -0.25) is 0 Å². The van der Waals surface area contributed by atoms with Crippen molar-refractivity contribution in [3.63, 3.8) is 0 Å². The summed E-state index contributed by atoms with van der Waals surface area (Å²) in [7, 11) is 0. The number of aliphatic hydroxyl groups is 1. The largest absolute Gasteiger partial charge is 0.418 e. The zero-order valence-corrected chi connectivity index (χ0v) is 9.93. The molecule has 0 saturated carbocycles. The second-order valence-corrected chi connectivity index (χ2v) is 5.00. The zero-order valence-electron chi connectivity index (χ0n) is 9.93. The fraction of sp³-hybridized carbons (Fsp3) is 0.833. The number of hydrogen-bond donors (Lipinski definition) is 1. The molecule has 2 atom stereocenters. The van der Waals surface area contributed by atoms with Gasteiger partial charge >= 0.3 is 6.18 Å². The highest BCUT2D eigenvalue weighted by molar-refractivity contribution is 5.21. The van der Waals surface area contributed by atoms with Gasteiger partial charge in [0.05, 0.1) is 0 Å². The van der Waals surface area contributed by atoms with E-state index in [1.165, 1.54) is 0 Å². The third-order valence-corrected chi connectivity index (χ3v) is 3.50. The highest BCUT2D eigenvalue weighted by Gasteiger charge is 2.42. The van der Waals surface area contributed by atoms with E-state index in [0.29, 0.717) is 24.3 Å². The minimum atomic E-state index is -4.53. The van der Waals surface area contributed by atoms with Crippen molar-refractivity contribution in [1.82, 2.24) is 0 Å². The van der Waals surface area contributed by atoms with E-state index in [-0.39, 0.29) is 11.5 Å². The molecule has 0 spiro atoms. The maximum absolute atomic E-state index is 12.5. The molecule has 1 nitrogen and oxygen atoms in total. The molecule has 0 fully saturated rings. The number of hydrogen-bond acceptors (Lipinski definition) is 1. The lowest BCUT2D eigenvalue weighted by Crippen LogP contribution is -2.33. The first-order valence-corrected chi connectivity index (χ1v) is 5.66. The molecule has 1 rings (SSSR count). The molecule has 0 aromatic rings. The summed E-state index contributed by atoms with van der Waals surface area (Å²) in [6.07, 6.45) is -4.82. The maximum Gasteiger partial charge on any atom is 0.418 e. The van der Waals surface area contributed by atoms with Crippen LogP contribution < -0.4 is 0 Å². The van der Waals surface area contributed by atoms with Crippen molar-refractivity contribution < 1.29 is 18.3 Å². The van der Waals surface area contributed by atoms with Gasteiger partial charge in [0.25, 0.3) is 0 Å². The van der Waals surface area contributed by atoms with E-state index in [9.17, 15) is 18.3 Å². The quantitative estimate of drug-likeness (QED) is 0.725. The highest BCUT2D eigenvalue weighted by atomic mass is 19.4. The van der Waals surface area contributed by atoms with Gasteiger partial charge in [0.15, 0.2) is 6.10 Å². The molecule has 1 N–H and O–H groups in total. The second kappa shape index (κ2) is 4.78. The van der Waals surface area contributed by atoms with Crippen molar-refractivity contribution in [2.24, 2.45) is 11.8 Å². The molecule has 0 saturated heterocycles. The summed E-state index contributed by atoms with van der Waals surface area (Å²) in [5.74, 6) is 0.624. The smallest absolute Gasteiger partial charge is 0.379 e. The predicted molar refractivity (Wildman–Crippen MR) is 56.9 cm³/mol. The van der Waals surface area contributed by atoms with E-state index >= 15 is 0 Å². The van der Waals surface area contributed by atoms with Gasteiger partial charge in [-0.25, -0.2) is 0 Å². The minimum absolute atomic E-state index is 0.192. The lowest BCUT2D eigenvalue weighted by atomic mass is 9.77. The summed E-state index contributed by atoms with van der Waals surface area (Å²) in [6.45, 7) is 5.73. The van der Waals surface area contributed by atoms with Crippen LogP contribution in [0.3, 0.4) is 0 Å². The fourth-order valence-corrected chi connectivity index (χ4v) is 2.23. The summed E-state index contributed by atoms with van der Waals surface area (Å²) in [5, 5.41) is 9.30. The van der Waals surface area contributed by atoms with Crippen LogP contribution in [0.4, 0.5) is 13.2 Å². The molecule has 0 aromatic heterocycles. The van der Waals surface area contributed by atoms with Gasteiger partial charge in [0.2, 0.25) is 0 Å². The Kier molecular flexibility index (Phi) is 4.05. The average Bonchev–Trinajstić information content (AvgIpc) is 2.15. The van der Waals surface area contributed by atoms with Gasteiger partial charge in [0, 0.05) is 0 Å². The van der Waals surface area contributed by atoms with Crippen LogP contribution in [0.25, 0.3) is 0 Å². The summed E-state index contributed by atoms with van der Waals surface area (Å²) >= 11 is 0. The van der Waals surface area contributed by atoms with E-state index in [0.717, 1.165) is 6.42 Å². The van der Waals surface area contributed by atoms with Crippen molar-refractivity contribution in [2.45, 2.75) is 52.3 Å². The van der Waals surface area contributed by atoms with E-state index in [2.05, 4.69) is 0 Å². The molecule has 0 bridgehead atoms. The van der Waals surface area contributed by atoms with Crippen molar-refractivity contribution in [3.8, 4) is 0 Å². The van der Waals surface area contributed by atoms with E-state index in [4.69, 9.17) is 0 Å². The van der Waals surface area contributed by atoms with Gasteiger partial charge in [-0.05, 0) is 43.6 Å². The van der Waals surface area contributed by atoms with Crippen LogP contribution in [0.15, 0.2) is 11.1 Å². The van der Waals surface area contributed by atoms with Crippen LogP contribution in [0.2, 0.25) is 0 Å². The molecule has 0 radical (unpaired) electrons. The molecule has 1 aliphatic rings. The summed E-state index contributed by atoms with van der Waals surface area (Å²) in [6, 6.07) is 0. The fourth-order valence-electron chi connectivity index (χ4n) is 2.23. The Labute approximate surface area is 94.3 Å². The van der Waals surface area contributed by atoms with Crippen molar-refractivity contribution in [1.29, 1.82) is 0 Å². The van der Waals surface area contributed by atoms with E-state index in [1.807, 2.05) is 13.8 Å². The molecule has 2 unspecified atom stereocenters. The molecule has 4 heteroatoms. The topological polar surface area (TPSA) is 20.2 Å². The Morgan fingerprint density at radius 2 is 1.88 bits per heavy atom. The number of halogens is 3. The van der Waals surface area contributed by atoms with Crippen LogP contribution in [0, 0.1) is 11.8 Å². The molecular formula is C12H19F3O.